The summed E-state index contributed by atoms with van der Waals surface area (Å²) in [5, 5.41) is 18.2. The fraction of sp³-hybridized carbons (Fsp3) is 0.897. The summed E-state index contributed by atoms with van der Waals surface area (Å²) < 4.78 is 12.0. The molecule has 0 unspecified atom stereocenters. The average Bonchev–Trinajstić information content (AvgIpc) is 2.99. The molecular formula is C29H58N8O4. The normalized spacial score (nSPS) is 20.7. The van der Waals surface area contributed by atoms with Crippen LogP contribution in [0.15, 0.2) is 16.5 Å². The van der Waals surface area contributed by atoms with Gasteiger partial charge < -0.3 is 45.0 Å². The summed E-state index contributed by atoms with van der Waals surface area (Å²) in [6.45, 7) is 21.8. The lowest BCUT2D eigenvalue weighted by Crippen LogP contribution is -2.47. The van der Waals surface area contributed by atoms with E-state index in [0.29, 0.717) is 13.2 Å². The van der Waals surface area contributed by atoms with E-state index >= 15 is 0 Å². The number of nitrogens with two attached hydrogens (primary N) is 1. The smallest absolute Gasteiger partial charge is 0.147 e. The van der Waals surface area contributed by atoms with Gasteiger partial charge in [-0.1, -0.05) is 0 Å². The minimum absolute atomic E-state index is 0.248. The maximum atomic E-state index is 9.09. The van der Waals surface area contributed by atoms with Crippen molar-refractivity contribution in [1.29, 1.82) is 0 Å². The molecule has 238 valence electrons. The van der Waals surface area contributed by atoms with E-state index in [4.69, 9.17) is 30.4 Å². The Balaban J connectivity index is 1.28. The van der Waals surface area contributed by atoms with Crippen molar-refractivity contribution in [2.24, 2.45) is 10.7 Å². The van der Waals surface area contributed by atoms with Crippen molar-refractivity contribution in [3.8, 4) is 0 Å². The number of ether oxygens (including phenoxy) is 2. The number of hydrogen-bond donors (Lipinski definition) is 3. The van der Waals surface area contributed by atoms with Gasteiger partial charge in [0.2, 0.25) is 0 Å². The molecule has 0 bridgehead atoms. The van der Waals surface area contributed by atoms with Crippen molar-refractivity contribution in [3.63, 3.8) is 0 Å². The lowest BCUT2D eigenvalue weighted by Gasteiger charge is -2.38. The Hall–Kier alpha value is -1.35. The van der Waals surface area contributed by atoms with Crippen LogP contribution in [0, 0.1) is 0 Å². The number of piperazine rings is 2. The van der Waals surface area contributed by atoms with Crippen molar-refractivity contribution in [2.45, 2.75) is 19.8 Å². The van der Waals surface area contributed by atoms with Gasteiger partial charge in [-0.3, -0.25) is 9.80 Å². The highest BCUT2D eigenvalue weighted by Gasteiger charge is 2.22. The molecule has 0 saturated carbocycles. The summed E-state index contributed by atoms with van der Waals surface area (Å²) in [5.74, 6) is 0.992. The quantitative estimate of drug-likeness (QED) is 0.119. The molecule has 41 heavy (non-hydrogen) atoms. The second-order valence-electron chi connectivity index (χ2n) is 11.2. The largest absolute Gasteiger partial charge is 0.395 e. The Bertz CT molecular complexity index is 742. The first-order valence-corrected chi connectivity index (χ1v) is 15.8. The standard InChI is InChI=1S/C29H58N8O4/c1-28-29(31-5-4-30)37(21-27-41-25-3-7-33-10-14-35(15-11-33)19-23-39)17-16-36(28)20-26-40-24-2-6-32-8-12-34(13-9-32)18-22-38/h5,38-39H,2-4,6-27,30H2,1H3/b31-5-. The molecule has 0 aliphatic carbocycles. The predicted molar refractivity (Wildman–Crippen MR) is 164 cm³/mol. The summed E-state index contributed by atoms with van der Waals surface area (Å²) in [4.78, 5) is 19.0. The van der Waals surface area contributed by atoms with Gasteiger partial charge in [0.1, 0.15) is 5.82 Å². The molecule has 0 amide bonds. The van der Waals surface area contributed by atoms with Crippen LogP contribution in [0.5, 0.6) is 0 Å². The SMILES string of the molecule is CC1=C(/N=C\CN)N(CCOCCCN2CCN(CCO)CC2)CCN1CCOCCCN1CCN(CCO)CC1. The van der Waals surface area contributed by atoms with E-state index in [0.717, 1.165) is 143 Å². The molecule has 0 radical (unpaired) electrons. The van der Waals surface area contributed by atoms with E-state index in [9.17, 15) is 0 Å². The zero-order valence-electron chi connectivity index (χ0n) is 25.7. The summed E-state index contributed by atoms with van der Waals surface area (Å²) in [6, 6.07) is 0. The third-order valence-electron chi connectivity index (χ3n) is 8.36. The van der Waals surface area contributed by atoms with Crippen LogP contribution in [-0.2, 0) is 9.47 Å². The number of β-amino-alcohol motifs (C(OH)–C–C–N with tert-alkyl or cyclic N) is 2. The van der Waals surface area contributed by atoms with Gasteiger partial charge in [-0.15, -0.1) is 0 Å². The highest BCUT2D eigenvalue weighted by molar-refractivity contribution is 5.61. The van der Waals surface area contributed by atoms with Gasteiger partial charge in [0, 0.05) is 131 Å². The van der Waals surface area contributed by atoms with Crippen molar-refractivity contribution < 1.29 is 19.7 Å². The van der Waals surface area contributed by atoms with Crippen molar-refractivity contribution >= 4 is 6.21 Å². The molecule has 3 rings (SSSR count). The predicted octanol–water partition coefficient (Wildman–Crippen LogP) is -1.14. The molecule has 0 spiro atoms. The van der Waals surface area contributed by atoms with Gasteiger partial charge in [0.05, 0.1) is 32.1 Å². The van der Waals surface area contributed by atoms with Crippen LogP contribution in [0.2, 0.25) is 0 Å². The number of rotatable bonds is 20. The van der Waals surface area contributed by atoms with E-state index in [2.05, 4.69) is 36.3 Å². The minimum atomic E-state index is 0.248. The molecule has 0 atom stereocenters. The Labute approximate surface area is 248 Å². The fourth-order valence-corrected chi connectivity index (χ4v) is 5.79. The lowest BCUT2D eigenvalue weighted by atomic mass is 10.2. The second-order valence-corrected chi connectivity index (χ2v) is 11.2. The van der Waals surface area contributed by atoms with Crippen molar-refractivity contribution in [3.05, 3.63) is 11.5 Å². The molecule has 12 nitrogen and oxygen atoms in total. The van der Waals surface area contributed by atoms with Gasteiger partial charge in [-0.25, -0.2) is 4.99 Å². The molecule has 12 heteroatoms. The Morgan fingerprint density at radius 2 is 1.07 bits per heavy atom. The van der Waals surface area contributed by atoms with E-state index < -0.39 is 0 Å². The summed E-state index contributed by atoms with van der Waals surface area (Å²) in [7, 11) is 0. The zero-order valence-corrected chi connectivity index (χ0v) is 25.7. The van der Waals surface area contributed by atoms with Gasteiger partial charge in [-0.05, 0) is 19.8 Å². The highest BCUT2D eigenvalue weighted by atomic mass is 16.5. The van der Waals surface area contributed by atoms with Gasteiger partial charge >= 0.3 is 0 Å². The average molecular weight is 583 g/mol. The van der Waals surface area contributed by atoms with E-state index in [1.54, 1.807) is 6.21 Å². The van der Waals surface area contributed by atoms with E-state index in [1.165, 1.54) is 5.70 Å². The van der Waals surface area contributed by atoms with E-state index in [1.807, 2.05) is 0 Å². The van der Waals surface area contributed by atoms with Crippen molar-refractivity contribution in [2.75, 3.05) is 151 Å². The molecule has 4 N–H and O–H groups in total. The molecule has 2 saturated heterocycles. The van der Waals surface area contributed by atoms with Crippen LogP contribution < -0.4 is 5.73 Å². The van der Waals surface area contributed by atoms with E-state index in [-0.39, 0.29) is 13.2 Å². The number of hydrogen-bond acceptors (Lipinski definition) is 12. The second kappa shape index (κ2) is 20.5. The topological polar surface area (TPSA) is 117 Å². The molecule has 0 aromatic rings. The molecule has 3 aliphatic rings. The molecule has 3 heterocycles. The van der Waals surface area contributed by atoms with Gasteiger partial charge in [0.15, 0.2) is 0 Å². The van der Waals surface area contributed by atoms with Crippen LogP contribution in [0.4, 0.5) is 0 Å². The molecular weight excluding hydrogens is 524 g/mol. The van der Waals surface area contributed by atoms with Crippen LogP contribution in [0.25, 0.3) is 0 Å². The molecule has 3 aliphatic heterocycles. The van der Waals surface area contributed by atoms with Gasteiger partial charge in [0.25, 0.3) is 0 Å². The summed E-state index contributed by atoms with van der Waals surface area (Å²) in [6.07, 6.45) is 3.88. The maximum absolute atomic E-state index is 9.09. The minimum Gasteiger partial charge on any atom is -0.395 e. The number of nitrogens with zero attached hydrogens (tertiary/aromatic N) is 7. The molecule has 2 fully saturated rings. The first-order chi connectivity index (χ1) is 20.1. The van der Waals surface area contributed by atoms with Crippen molar-refractivity contribution in [1.82, 2.24) is 29.4 Å². The maximum Gasteiger partial charge on any atom is 0.147 e. The zero-order chi connectivity index (χ0) is 29.1. The summed E-state index contributed by atoms with van der Waals surface area (Å²) in [5.41, 5.74) is 6.90. The van der Waals surface area contributed by atoms with Gasteiger partial charge in [-0.2, -0.15) is 0 Å². The fourth-order valence-electron chi connectivity index (χ4n) is 5.79. The van der Waals surface area contributed by atoms with Crippen LogP contribution in [-0.4, -0.2) is 197 Å². The number of aliphatic hydroxyl groups excluding tert-OH is 2. The Kier molecular flexibility index (Phi) is 17.1. The van der Waals surface area contributed by atoms with Crippen LogP contribution in [0.3, 0.4) is 0 Å². The van der Waals surface area contributed by atoms with Crippen LogP contribution >= 0.6 is 0 Å². The molecule has 0 aromatic heterocycles. The third kappa shape index (κ3) is 12.8. The molecule has 0 aromatic carbocycles. The van der Waals surface area contributed by atoms with Crippen LogP contribution in [0.1, 0.15) is 19.8 Å². The number of allylic oxidation sites excluding steroid dienone is 1. The Morgan fingerprint density at radius 3 is 1.54 bits per heavy atom. The summed E-state index contributed by atoms with van der Waals surface area (Å²) >= 11 is 0. The first-order valence-electron chi connectivity index (χ1n) is 15.8. The lowest BCUT2D eigenvalue weighted by molar-refractivity contribution is 0.0727. The Morgan fingerprint density at radius 1 is 0.634 bits per heavy atom. The number of aliphatic hydroxyl groups is 2. The monoisotopic (exact) mass is 582 g/mol. The third-order valence-corrected chi connectivity index (χ3v) is 8.36. The highest BCUT2D eigenvalue weighted by Crippen LogP contribution is 2.20. The number of aliphatic imine (C=N–C) groups is 1. The first kappa shape index (κ1) is 34.1.